The predicted molar refractivity (Wildman–Crippen MR) is 273 cm³/mol. The molecule has 3 aromatic heterocycles. The van der Waals surface area contributed by atoms with Crippen molar-refractivity contribution in [1.29, 1.82) is 0 Å². The van der Waals surface area contributed by atoms with Gasteiger partial charge in [0.25, 0.3) is 0 Å². The van der Waals surface area contributed by atoms with Crippen molar-refractivity contribution in [3.05, 3.63) is 71.7 Å². The molecule has 4 amide bonds. The molecule has 366 valence electrons. The van der Waals surface area contributed by atoms with Crippen LogP contribution in [0.4, 0.5) is 27.0 Å². The standard InChI is InChI=1S/C16H23N3O3.C11H15N3O.C10H17NO4.C6H8N2.ClH.S3.S2/c1-11-7-5-9-13(17-11)18-14(20)12-8-6-10-19(12)15(21)22-16(2,3)4;1-8-4-2-6-10(13-8)14-11(15)9-5-3-7-12-9;1-10(2,3)15-9(14)11-6-4-5-7(11)8(12)13;1-5-3-2-4-6(7)8-5;;1-3-2;1-2/h5,7,9,12H,6,8,10H2,1-4H3,(H,17,18,20);2,4,6,9,12H,3,5,7H2,1H3,(H,13,14,15);7H,4-6H2,1-3H3,(H,12,13);2-4H,1H3,(H2,7,8);1H;;/t12-;9-;7-;;;;/m000..../s1. The molecule has 0 aliphatic carbocycles. The number of pyridine rings is 3. The lowest BCUT2D eigenvalue weighted by molar-refractivity contribution is -0.142. The number of carboxylic acid groups (broad SMARTS) is 1. The highest BCUT2D eigenvalue weighted by Crippen LogP contribution is 2.23. The van der Waals surface area contributed by atoms with Gasteiger partial charge in [-0.1, -0.05) is 18.2 Å². The molecule has 3 aliphatic heterocycles. The van der Waals surface area contributed by atoms with Crippen LogP contribution in [0.3, 0.4) is 0 Å². The molecule has 6 heterocycles. The third-order valence-corrected chi connectivity index (χ3v) is 8.92. The molecule has 0 bridgehead atoms. The minimum Gasteiger partial charge on any atom is -0.480 e. The first-order valence-corrected chi connectivity index (χ1v) is 24.8. The Morgan fingerprint density at radius 1 is 0.697 bits per heavy atom. The molecule has 3 atom stereocenters. The van der Waals surface area contributed by atoms with Gasteiger partial charge in [0.05, 0.1) is 6.04 Å². The number of aromatic nitrogens is 3. The Kier molecular flexibility index (Phi) is 29.4. The van der Waals surface area contributed by atoms with Gasteiger partial charge in [-0.25, -0.2) is 29.3 Å². The number of carbonyl (C=O) groups is 5. The van der Waals surface area contributed by atoms with Gasteiger partial charge in [-0.05, 0) is 144 Å². The molecule has 0 spiro atoms. The molecule has 3 aliphatic rings. The topological polar surface area (TPSA) is 231 Å². The number of carboxylic acids is 1. The summed E-state index contributed by atoms with van der Waals surface area (Å²) in [6.45, 7) is 18.3. The van der Waals surface area contributed by atoms with Crippen LogP contribution in [0.15, 0.2) is 54.6 Å². The van der Waals surface area contributed by atoms with E-state index in [1.165, 1.54) is 9.80 Å². The number of likely N-dealkylation sites (tertiary alicyclic amines) is 2. The van der Waals surface area contributed by atoms with E-state index in [1.807, 2.05) is 77.9 Å². The summed E-state index contributed by atoms with van der Waals surface area (Å²) in [7, 11) is 0.917. The second-order valence-corrected chi connectivity index (χ2v) is 18.5. The lowest BCUT2D eigenvalue weighted by Gasteiger charge is -2.27. The smallest absolute Gasteiger partial charge is 0.411 e. The molecule has 66 heavy (non-hydrogen) atoms. The number of halogens is 1. The minimum absolute atomic E-state index is 0. The normalized spacial score (nSPS) is 16.9. The number of aryl methyl sites for hydroxylation is 3. The summed E-state index contributed by atoms with van der Waals surface area (Å²) in [5, 5.41) is 17.6. The Morgan fingerprint density at radius 2 is 1.11 bits per heavy atom. The number of nitrogen functional groups attached to an aromatic ring is 1. The number of aliphatic carboxylic acids is 1. The van der Waals surface area contributed by atoms with Crippen molar-refractivity contribution >= 4 is 113 Å². The van der Waals surface area contributed by atoms with Crippen LogP contribution in [-0.4, -0.2) is 109 Å². The van der Waals surface area contributed by atoms with Gasteiger partial charge in [-0.2, -0.15) is 0 Å². The Balaban J connectivity index is 0.000000855. The molecule has 3 fully saturated rings. The highest BCUT2D eigenvalue weighted by atomic mass is 35.5. The Labute approximate surface area is 417 Å². The van der Waals surface area contributed by atoms with E-state index in [0.29, 0.717) is 43.4 Å². The highest BCUT2D eigenvalue weighted by Gasteiger charge is 2.37. The number of hydrogen-bond donors (Lipinski definition) is 5. The highest BCUT2D eigenvalue weighted by molar-refractivity contribution is 8.37. The van der Waals surface area contributed by atoms with E-state index in [-0.39, 0.29) is 30.3 Å². The molecule has 0 radical (unpaired) electrons. The third kappa shape index (κ3) is 24.9. The Hall–Kier alpha value is -4.45. The first-order chi connectivity index (χ1) is 30.5. The number of anilines is 3. The van der Waals surface area contributed by atoms with Crippen LogP contribution in [0.5, 0.6) is 0 Å². The minimum atomic E-state index is -0.960. The van der Waals surface area contributed by atoms with Crippen LogP contribution in [0.2, 0.25) is 0 Å². The third-order valence-electron chi connectivity index (χ3n) is 8.92. The number of ether oxygens (including phenoxy) is 2. The van der Waals surface area contributed by atoms with E-state index in [0.717, 1.165) is 58.2 Å². The Morgan fingerprint density at radius 3 is 1.47 bits per heavy atom. The van der Waals surface area contributed by atoms with E-state index in [2.05, 4.69) is 75.7 Å². The van der Waals surface area contributed by atoms with E-state index in [1.54, 1.807) is 39.0 Å². The maximum absolute atomic E-state index is 12.4. The molecule has 3 aromatic rings. The fourth-order valence-electron chi connectivity index (χ4n) is 6.26. The Bertz CT molecular complexity index is 2030. The van der Waals surface area contributed by atoms with Crippen LogP contribution in [0.25, 0.3) is 0 Å². The molecule has 0 aromatic carbocycles. The molecule has 0 saturated carbocycles. The summed E-state index contributed by atoms with van der Waals surface area (Å²) < 4.78 is 10.5. The lowest BCUT2D eigenvalue weighted by atomic mass is 10.2. The van der Waals surface area contributed by atoms with Gasteiger partial charge in [0.15, 0.2) is 0 Å². The van der Waals surface area contributed by atoms with Gasteiger partial charge < -0.3 is 36.3 Å². The van der Waals surface area contributed by atoms with E-state index < -0.39 is 41.4 Å². The fourth-order valence-corrected chi connectivity index (χ4v) is 6.26. The number of amides is 4. The molecule has 6 rings (SSSR count). The monoisotopic (exact) mass is 1030 g/mol. The molecule has 23 heteroatoms. The van der Waals surface area contributed by atoms with E-state index in [4.69, 9.17) is 20.3 Å². The maximum atomic E-state index is 12.4. The first kappa shape index (κ1) is 61.5. The van der Waals surface area contributed by atoms with Crippen molar-refractivity contribution < 1.29 is 38.6 Å². The van der Waals surface area contributed by atoms with Gasteiger partial charge >= 0.3 is 18.2 Å². The van der Waals surface area contributed by atoms with Gasteiger partial charge in [0, 0.05) is 83.8 Å². The summed E-state index contributed by atoms with van der Waals surface area (Å²) >= 11 is 15.6. The fraction of sp³-hybridized carbons (Fsp3) is 0.535. The zero-order valence-electron chi connectivity index (χ0n) is 38.9. The van der Waals surface area contributed by atoms with Gasteiger partial charge in [-0.3, -0.25) is 19.4 Å². The van der Waals surface area contributed by atoms with Crippen LogP contribution in [-0.2, 0) is 77.5 Å². The summed E-state index contributed by atoms with van der Waals surface area (Å²) in [5.41, 5.74) is 6.90. The van der Waals surface area contributed by atoms with Crippen molar-refractivity contribution in [3.63, 3.8) is 0 Å². The summed E-state index contributed by atoms with van der Waals surface area (Å²) in [6, 6.07) is 15.3. The predicted octanol–water partition coefficient (Wildman–Crippen LogP) is 6.66. The van der Waals surface area contributed by atoms with E-state index >= 15 is 0 Å². The number of nitrogens with two attached hydrogens (primary N) is 1. The second-order valence-electron chi connectivity index (χ2n) is 16.7. The molecule has 3 saturated heterocycles. The molecule has 6 N–H and O–H groups in total. The average molecular weight is 1030 g/mol. The number of carbonyl (C=O) groups excluding carboxylic acids is 4. The summed E-state index contributed by atoms with van der Waals surface area (Å²) in [6.07, 6.45) is 3.66. The van der Waals surface area contributed by atoms with Crippen molar-refractivity contribution in [1.82, 2.24) is 30.1 Å². The summed E-state index contributed by atoms with van der Waals surface area (Å²) in [4.78, 5) is 74.0. The second kappa shape index (κ2) is 31.5. The number of hydrogen-bond acceptors (Lipinski definition) is 16. The van der Waals surface area contributed by atoms with Gasteiger partial charge in [-0.15, -0.1) is 12.4 Å². The quantitative estimate of drug-likeness (QED) is 0.180. The van der Waals surface area contributed by atoms with Crippen molar-refractivity contribution in [2.24, 2.45) is 0 Å². The van der Waals surface area contributed by atoms with Gasteiger partial charge in [0.2, 0.25) is 11.8 Å². The first-order valence-electron chi connectivity index (χ1n) is 20.8. The van der Waals surface area contributed by atoms with Gasteiger partial charge in [0.1, 0.15) is 40.7 Å². The molecular formula is C43H64ClN9O8S5. The molecule has 17 nitrogen and oxygen atoms in total. The zero-order valence-corrected chi connectivity index (χ0v) is 43.8. The van der Waals surface area contributed by atoms with Crippen molar-refractivity contribution in [2.75, 3.05) is 36.0 Å². The van der Waals surface area contributed by atoms with Crippen LogP contribution >= 0.6 is 12.4 Å². The van der Waals surface area contributed by atoms with Crippen molar-refractivity contribution in [2.45, 2.75) is 130 Å². The maximum Gasteiger partial charge on any atom is 0.411 e. The SMILES string of the molecule is CC(C)(C)OC(=O)N1CCC[C@H]1C(=O)O.Cc1cccc(N)n1.Cc1cccc(NC(=O)[C@@H]2CCCN2)n1.Cc1cccc(NC(=O)[C@@H]2CCCN2C(=O)OC(C)(C)C)n1.Cl.S=S.S=S=S. The van der Waals surface area contributed by atoms with Crippen LogP contribution < -0.4 is 21.7 Å². The summed E-state index contributed by atoms with van der Waals surface area (Å²) in [5.74, 6) is 0.560. The largest absolute Gasteiger partial charge is 0.480 e. The van der Waals surface area contributed by atoms with Crippen LogP contribution in [0, 0.1) is 20.8 Å². The van der Waals surface area contributed by atoms with E-state index in [9.17, 15) is 24.0 Å². The number of rotatable bonds is 5. The van der Waals surface area contributed by atoms with Crippen LogP contribution in [0.1, 0.15) is 97.1 Å². The van der Waals surface area contributed by atoms with Crippen molar-refractivity contribution in [3.8, 4) is 0 Å². The number of nitrogens with one attached hydrogen (secondary N) is 3. The zero-order chi connectivity index (χ0) is 49.3. The average Bonchev–Trinajstić information content (AvgIpc) is 4.02. The number of nitrogens with zero attached hydrogens (tertiary/aromatic N) is 5. The lowest BCUT2D eigenvalue weighted by Crippen LogP contribution is -2.45. The molecule has 0 unspecified atom stereocenters. The molecular weight excluding hydrogens is 966 g/mol.